The van der Waals surface area contributed by atoms with Crippen LogP contribution in [0.1, 0.15) is 22.3 Å². The zero-order valence-electron chi connectivity index (χ0n) is 16.2. The molecule has 2 N–H and O–H groups in total. The predicted octanol–water partition coefficient (Wildman–Crippen LogP) is 4.62. The Kier molecular flexibility index (Phi) is 5.53. The van der Waals surface area contributed by atoms with Crippen molar-refractivity contribution in [1.82, 2.24) is 4.98 Å². The number of benzene rings is 2. The van der Waals surface area contributed by atoms with Crippen LogP contribution in [0.4, 0.5) is 16.5 Å². The first-order valence-electron chi connectivity index (χ1n) is 9.31. The molecule has 0 atom stereocenters. The second-order valence-corrected chi connectivity index (χ2v) is 7.30. The van der Waals surface area contributed by atoms with E-state index in [1.807, 2.05) is 38.1 Å². The standard InChI is InChI=1S/C21H21N3O4S/c1-3-26-16-7-5-4-6-15(16)24-21-22-13(2)19(29-21)20(25)23-14-8-9-17-18(12-14)28-11-10-27-17/h4-9,12H,3,10-11H2,1-2H3,(H,22,24)(H,23,25). The van der Waals surface area contributed by atoms with Gasteiger partial charge in [0.25, 0.3) is 5.91 Å². The normalized spacial score (nSPS) is 12.3. The van der Waals surface area contributed by atoms with Crippen molar-refractivity contribution in [3.8, 4) is 17.2 Å². The number of thiazole rings is 1. The first-order chi connectivity index (χ1) is 14.1. The summed E-state index contributed by atoms with van der Waals surface area (Å²) in [5.74, 6) is 1.83. The van der Waals surface area contributed by atoms with Crippen molar-refractivity contribution in [1.29, 1.82) is 0 Å². The largest absolute Gasteiger partial charge is 0.492 e. The van der Waals surface area contributed by atoms with Gasteiger partial charge in [-0.05, 0) is 38.1 Å². The maximum Gasteiger partial charge on any atom is 0.267 e. The van der Waals surface area contributed by atoms with E-state index in [4.69, 9.17) is 14.2 Å². The highest BCUT2D eigenvalue weighted by Gasteiger charge is 2.18. The minimum absolute atomic E-state index is 0.220. The van der Waals surface area contributed by atoms with Gasteiger partial charge in [-0.2, -0.15) is 0 Å². The predicted molar refractivity (Wildman–Crippen MR) is 113 cm³/mol. The van der Waals surface area contributed by atoms with Gasteiger partial charge in [-0.1, -0.05) is 23.5 Å². The van der Waals surface area contributed by atoms with Gasteiger partial charge in [0.2, 0.25) is 0 Å². The molecule has 0 fully saturated rings. The molecule has 3 aromatic rings. The quantitative estimate of drug-likeness (QED) is 0.616. The number of nitrogens with zero attached hydrogens (tertiary/aromatic N) is 1. The Hall–Kier alpha value is -3.26. The summed E-state index contributed by atoms with van der Waals surface area (Å²) in [5, 5.41) is 6.77. The molecule has 1 amide bonds. The van der Waals surface area contributed by atoms with Crippen LogP contribution in [0.15, 0.2) is 42.5 Å². The Morgan fingerprint density at radius 2 is 1.97 bits per heavy atom. The number of hydrogen-bond acceptors (Lipinski definition) is 7. The third-order valence-electron chi connectivity index (χ3n) is 4.23. The van der Waals surface area contributed by atoms with Crippen LogP contribution in [-0.2, 0) is 0 Å². The topological polar surface area (TPSA) is 81.7 Å². The van der Waals surface area contributed by atoms with Crippen LogP contribution in [0.5, 0.6) is 17.2 Å². The maximum absolute atomic E-state index is 12.8. The number of carbonyl (C=O) groups excluding carboxylic acids is 1. The Morgan fingerprint density at radius 3 is 2.79 bits per heavy atom. The molecule has 0 radical (unpaired) electrons. The molecule has 0 saturated heterocycles. The highest BCUT2D eigenvalue weighted by atomic mass is 32.1. The molecule has 1 aliphatic rings. The molecule has 0 spiro atoms. The summed E-state index contributed by atoms with van der Waals surface area (Å²) in [7, 11) is 0. The molecular weight excluding hydrogens is 390 g/mol. The van der Waals surface area contributed by atoms with Crippen molar-refractivity contribution in [2.75, 3.05) is 30.5 Å². The maximum atomic E-state index is 12.8. The van der Waals surface area contributed by atoms with E-state index in [-0.39, 0.29) is 5.91 Å². The Bertz CT molecular complexity index is 1030. The summed E-state index contributed by atoms with van der Waals surface area (Å²) in [6.45, 7) is 5.34. The molecule has 8 heteroatoms. The van der Waals surface area contributed by atoms with Crippen LogP contribution < -0.4 is 24.8 Å². The van der Waals surface area contributed by atoms with Gasteiger partial charge < -0.3 is 24.8 Å². The molecule has 29 heavy (non-hydrogen) atoms. The zero-order valence-corrected chi connectivity index (χ0v) is 17.0. The lowest BCUT2D eigenvalue weighted by Gasteiger charge is -2.18. The number of ether oxygens (including phenoxy) is 3. The molecule has 0 aliphatic carbocycles. The molecule has 0 saturated carbocycles. The molecule has 4 rings (SSSR count). The van der Waals surface area contributed by atoms with E-state index in [1.54, 1.807) is 18.2 Å². The monoisotopic (exact) mass is 411 g/mol. The third-order valence-corrected chi connectivity index (χ3v) is 5.30. The molecular formula is C21H21N3O4S. The third kappa shape index (κ3) is 4.27. The summed E-state index contributed by atoms with van der Waals surface area (Å²) in [5.41, 5.74) is 2.10. The van der Waals surface area contributed by atoms with Gasteiger partial charge in [0.15, 0.2) is 16.6 Å². The summed E-state index contributed by atoms with van der Waals surface area (Å²) in [4.78, 5) is 17.8. The average molecular weight is 411 g/mol. The SMILES string of the molecule is CCOc1ccccc1Nc1nc(C)c(C(=O)Nc2ccc3c(c2)OCCO3)s1. The molecule has 7 nitrogen and oxygen atoms in total. The molecule has 0 bridgehead atoms. The number of amides is 1. The average Bonchev–Trinajstić information content (AvgIpc) is 3.10. The number of rotatable bonds is 6. The van der Waals surface area contributed by atoms with E-state index < -0.39 is 0 Å². The summed E-state index contributed by atoms with van der Waals surface area (Å²) >= 11 is 1.29. The van der Waals surface area contributed by atoms with E-state index >= 15 is 0 Å². The number of hydrogen-bond donors (Lipinski definition) is 2. The molecule has 150 valence electrons. The van der Waals surface area contributed by atoms with Crippen LogP contribution in [0, 0.1) is 6.92 Å². The highest BCUT2D eigenvalue weighted by Crippen LogP contribution is 2.34. The van der Waals surface area contributed by atoms with E-state index in [0.29, 0.717) is 52.7 Å². The summed E-state index contributed by atoms with van der Waals surface area (Å²) in [6, 6.07) is 13.0. The van der Waals surface area contributed by atoms with Gasteiger partial charge in [0.1, 0.15) is 23.8 Å². The number of aromatic nitrogens is 1. The second-order valence-electron chi connectivity index (χ2n) is 6.30. The fraction of sp³-hybridized carbons (Fsp3) is 0.238. The summed E-state index contributed by atoms with van der Waals surface area (Å²) < 4.78 is 16.7. The van der Waals surface area contributed by atoms with Crippen molar-refractivity contribution in [2.24, 2.45) is 0 Å². The van der Waals surface area contributed by atoms with Gasteiger partial charge in [-0.25, -0.2) is 4.98 Å². The Balaban J connectivity index is 1.50. The van der Waals surface area contributed by atoms with Crippen molar-refractivity contribution < 1.29 is 19.0 Å². The minimum Gasteiger partial charge on any atom is -0.492 e. The van der Waals surface area contributed by atoms with Crippen LogP contribution in [0.25, 0.3) is 0 Å². The van der Waals surface area contributed by atoms with Crippen LogP contribution in [0.3, 0.4) is 0 Å². The van der Waals surface area contributed by atoms with Crippen molar-refractivity contribution in [2.45, 2.75) is 13.8 Å². The Labute approximate surface area is 172 Å². The first kappa shape index (κ1) is 19.1. The lowest BCUT2D eigenvalue weighted by Crippen LogP contribution is -2.16. The number of anilines is 3. The van der Waals surface area contributed by atoms with Gasteiger partial charge in [0.05, 0.1) is 18.0 Å². The van der Waals surface area contributed by atoms with Crippen molar-refractivity contribution >= 4 is 33.8 Å². The van der Waals surface area contributed by atoms with Crippen molar-refractivity contribution in [3.63, 3.8) is 0 Å². The molecule has 2 aromatic carbocycles. The van der Waals surface area contributed by atoms with Crippen molar-refractivity contribution in [3.05, 3.63) is 53.0 Å². The first-order valence-corrected chi connectivity index (χ1v) is 10.1. The molecule has 0 unspecified atom stereocenters. The van der Waals surface area contributed by atoms with Crippen LogP contribution >= 0.6 is 11.3 Å². The van der Waals surface area contributed by atoms with Gasteiger partial charge in [0, 0.05) is 11.8 Å². The molecule has 1 aromatic heterocycles. The number of nitrogens with one attached hydrogen (secondary N) is 2. The fourth-order valence-corrected chi connectivity index (χ4v) is 3.81. The lowest BCUT2D eigenvalue weighted by atomic mass is 10.2. The second kappa shape index (κ2) is 8.40. The molecule has 2 heterocycles. The lowest BCUT2D eigenvalue weighted by molar-refractivity contribution is 0.102. The number of carbonyl (C=O) groups is 1. The number of para-hydroxylation sites is 2. The summed E-state index contributed by atoms with van der Waals surface area (Å²) in [6.07, 6.45) is 0. The number of fused-ring (bicyclic) bond motifs is 1. The van der Waals surface area contributed by atoms with Gasteiger partial charge in [-0.3, -0.25) is 4.79 Å². The van der Waals surface area contributed by atoms with E-state index in [1.165, 1.54) is 11.3 Å². The smallest absolute Gasteiger partial charge is 0.267 e. The van der Waals surface area contributed by atoms with Gasteiger partial charge in [-0.15, -0.1) is 0 Å². The fourth-order valence-electron chi connectivity index (χ4n) is 2.94. The van der Waals surface area contributed by atoms with E-state index in [2.05, 4.69) is 15.6 Å². The van der Waals surface area contributed by atoms with Crippen LogP contribution in [-0.4, -0.2) is 30.7 Å². The molecule has 1 aliphatic heterocycles. The van der Waals surface area contributed by atoms with Crippen LogP contribution in [0.2, 0.25) is 0 Å². The Morgan fingerprint density at radius 1 is 1.17 bits per heavy atom. The minimum atomic E-state index is -0.220. The van der Waals surface area contributed by atoms with E-state index in [0.717, 1.165) is 11.4 Å². The van der Waals surface area contributed by atoms with E-state index in [9.17, 15) is 4.79 Å². The highest BCUT2D eigenvalue weighted by molar-refractivity contribution is 7.17. The number of aryl methyl sites for hydroxylation is 1. The van der Waals surface area contributed by atoms with Gasteiger partial charge >= 0.3 is 0 Å². The zero-order chi connectivity index (χ0) is 20.2.